The van der Waals surface area contributed by atoms with Crippen LogP contribution in [0.3, 0.4) is 0 Å². The maximum absolute atomic E-state index is 12.4. The summed E-state index contributed by atoms with van der Waals surface area (Å²) in [6.45, 7) is 7.31. The first-order valence-corrected chi connectivity index (χ1v) is 8.61. The monoisotopic (exact) mass is 343 g/mol. The number of rotatable bonds is 6. The lowest BCUT2D eigenvalue weighted by Gasteiger charge is -2.28. The summed E-state index contributed by atoms with van der Waals surface area (Å²) in [6, 6.07) is 11.8. The Morgan fingerprint density at radius 1 is 1.33 bits per heavy atom. The molecule has 0 aliphatic rings. The number of hydrogen-bond acceptors (Lipinski definition) is 5. The highest BCUT2D eigenvalue weighted by Crippen LogP contribution is 2.24. The first-order chi connectivity index (χ1) is 11.4. The van der Waals surface area contributed by atoms with Gasteiger partial charge in [0.25, 0.3) is 0 Å². The van der Waals surface area contributed by atoms with Gasteiger partial charge in [-0.3, -0.25) is 9.89 Å². The van der Waals surface area contributed by atoms with Gasteiger partial charge in [-0.2, -0.15) is 5.26 Å². The molecule has 7 heteroatoms. The molecule has 0 fully saturated rings. The van der Waals surface area contributed by atoms with Gasteiger partial charge >= 0.3 is 0 Å². The Balaban J connectivity index is 2.02. The second kappa shape index (κ2) is 7.49. The van der Waals surface area contributed by atoms with Crippen molar-refractivity contribution in [1.29, 1.82) is 5.26 Å². The molecule has 24 heavy (non-hydrogen) atoms. The summed E-state index contributed by atoms with van der Waals surface area (Å²) >= 11 is 1.26. The van der Waals surface area contributed by atoms with E-state index in [2.05, 4.69) is 26.6 Å². The third kappa shape index (κ3) is 4.15. The van der Waals surface area contributed by atoms with Crippen LogP contribution in [0, 0.1) is 17.2 Å². The number of benzene rings is 1. The van der Waals surface area contributed by atoms with E-state index in [1.54, 1.807) is 13.8 Å². The minimum absolute atomic E-state index is 0.0110. The minimum atomic E-state index is -0.889. The third-order valence-electron chi connectivity index (χ3n) is 3.93. The maximum atomic E-state index is 12.4. The molecule has 1 aromatic carbocycles. The molecule has 0 radical (unpaired) electrons. The molecule has 2 rings (SSSR count). The van der Waals surface area contributed by atoms with Crippen LogP contribution < -0.4 is 5.32 Å². The van der Waals surface area contributed by atoms with Gasteiger partial charge in [-0.05, 0) is 19.8 Å². The van der Waals surface area contributed by atoms with Gasteiger partial charge < -0.3 is 5.32 Å². The topological polar surface area (TPSA) is 94.5 Å². The quantitative estimate of drug-likeness (QED) is 0.786. The van der Waals surface area contributed by atoms with Crippen molar-refractivity contribution in [2.75, 3.05) is 0 Å². The maximum Gasteiger partial charge on any atom is 0.234 e. The smallest absolute Gasteiger partial charge is 0.234 e. The Morgan fingerprint density at radius 3 is 2.58 bits per heavy atom. The van der Waals surface area contributed by atoms with Gasteiger partial charge in [-0.15, -0.1) is 5.10 Å². The summed E-state index contributed by atoms with van der Waals surface area (Å²) in [7, 11) is 0. The van der Waals surface area contributed by atoms with Crippen molar-refractivity contribution in [3.05, 3.63) is 30.3 Å². The number of amides is 1. The van der Waals surface area contributed by atoms with Crippen LogP contribution >= 0.6 is 11.8 Å². The zero-order chi connectivity index (χ0) is 17.7. The van der Waals surface area contributed by atoms with Crippen LogP contribution in [0.1, 0.15) is 27.7 Å². The first-order valence-electron chi connectivity index (χ1n) is 7.73. The first kappa shape index (κ1) is 18.0. The highest BCUT2D eigenvalue weighted by atomic mass is 32.2. The van der Waals surface area contributed by atoms with Crippen LogP contribution in [-0.2, 0) is 4.79 Å². The van der Waals surface area contributed by atoms with Crippen LogP contribution in [0.2, 0.25) is 0 Å². The number of hydrogen-bond donors (Lipinski definition) is 2. The molecule has 0 saturated heterocycles. The molecule has 0 spiro atoms. The van der Waals surface area contributed by atoms with E-state index < -0.39 is 10.8 Å². The van der Waals surface area contributed by atoms with E-state index in [0.29, 0.717) is 11.0 Å². The number of H-pyrrole nitrogens is 1. The zero-order valence-electron chi connectivity index (χ0n) is 14.2. The van der Waals surface area contributed by atoms with Crippen LogP contribution in [0.15, 0.2) is 35.5 Å². The molecule has 2 aromatic rings. The molecule has 6 nitrogen and oxygen atoms in total. The molecular weight excluding hydrogens is 322 g/mol. The van der Waals surface area contributed by atoms with Crippen LogP contribution in [-0.4, -0.2) is 31.9 Å². The summed E-state index contributed by atoms with van der Waals surface area (Å²) in [4.78, 5) is 16.8. The number of carbonyl (C=O) groups excluding carboxylic acids is 1. The normalized spacial score (nSPS) is 14.7. The van der Waals surface area contributed by atoms with Crippen molar-refractivity contribution in [3.8, 4) is 17.5 Å². The van der Waals surface area contributed by atoms with Crippen molar-refractivity contribution in [1.82, 2.24) is 20.5 Å². The van der Waals surface area contributed by atoms with Crippen LogP contribution in [0.5, 0.6) is 0 Å². The molecule has 0 saturated carbocycles. The Labute approximate surface area is 146 Å². The molecule has 1 heterocycles. The van der Waals surface area contributed by atoms with Gasteiger partial charge in [0.1, 0.15) is 5.54 Å². The van der Waals surface area contributed by atoms with E-state index in [9.17, 15) is 10.1 Å². The van der Waals surface area contributed by atoms with Gasteiger partial charge in [-0.25, -0.2) is 4.98 Å². The number of thioether (sulfide) groups is 1. The summed E-state index contributed by atoms with van der Waals surface area (Å²) in [6.07, 6.45) is 0. The number of carbonyl (C=O) groups is 1. The summed E-state index contributed by atoms with van der Waals surface area (Å²) in [5, 5.41) is 19.2. The standard InChI is InChI=1S/C17H21N5OS/c1-11(2)17(4,10-18)20-15(23)12(3)24-16-19-14(21-22-16)13-8-6-5-7-9-13/h5-9,11-12H,1-4H3,(H,20,23)(H,19,21,22)/t12-,17+/m1/s1. The number of nitrogens with zero attached hydrogens (tertiary/aromatic N) is 3. The summed E-state index contributed by atoms with van der Waals surface area (Å²) in [5.74, 6) is 0.468. The lowest BCUT2D eigenvalue weighted by molar-refractivity contribution is -0.121. The van der Waals surface area contributed by atoms with Gasteiger partial charge in [0.2, 0.25) is 11.1 Å². The van der Waals surface area contributed by atoms with Crippen molar-refractivity contribution in [2.45, 2.75) is 43.6 Å². The molecule has 2 atom stereocenters. The molecule has 1 aromatic heterocycles. The second-order valence-electron chi connectivity index (χ2n) is 6.05. The van der Waals surface area contributed by atoms with E-state index in [1.165, 1.54) is 11.8 Å². The molecule has 0 unspecified atom stereocenters. The third-order valence-corrected chi connectivity index (χ3v) is 4.89. The van der Waals surface area contributed by atoms with Crippen molar-refractivity contribution in [3.63, 3.8) is 0 Å². The Hall–Kier alpha value is -2.33. The average molecular weight is 343 g/mol. The fourth-order valence-electron chi connectivity index (χ4n) is 1.89. The number of aromatic amines is 1. The molecule has 0 bridgehead atoms. The summed E-state index contributed by atoms with van der Waals surface area (Å²) in [5.41, 5.74) is 0.0472. The van der Waals surface area contributed by atoms with Crippen molar-refractivity contribution in [2.24, 2.45) is 5.92 Å². The molecule has 1 amide bonds. The van der Waals surface area contributed by atoms with Gasteiger partial charge in [0, 0.05) is 5.56 Å². The van der Waals surface area contributed by atoms with Crippen LogP contribution in [0.4, 0.5) is 0 Å². The van der Waals surface area contributed by atoms with E-state index in [4.69, 9.17) is 0 Å². The fraction of sp³-hybridized carbons (Fsp3) is 0.412. The fourth-order valence-corrected chi connectivity index (χ4v) is 2.62. The SMILES string of the molecule is CC(C)[C@](C)(C#N)NC(=O)[C@@H](C)Sc1n[nH]c(-c2ccccc2)n1. The molecule has 2 N–H and O–H groups in total. The Kier molecular flexibility index (Phi) is 5.62. The summed E-state index contributed by atoms with van der Waals surface area (Å²) < 4.78 is 0. The number of nitrogens with one attached hydrogen (secondary N) is 2. The highest BCUT2D eigenvalue weighted by molar-refractivity contribution is 8.00. The average Bonchev–Trinajstić information content (AvgIpc) is 3.03. The lowest BCUT2D eigenvalue weighted by Crippen LogP contribution is -2.51. The molecule has 126 valence electrons. The van der Waals surface area contributed by atoms with Gasteiger partial charge in [0.05, 0.1) is 11.3 Å². The van der Waals surface area contributed by atoms with Gasteiger partial charge in [0.15, 0.2) is 5.82 Å². The number of aromatic nitrogens is 3. The Bertz CT molecular complexity index is 737. The predicted octanol–water partition coefficient (Wildman–Crippen LogP) is 3.01. The van der Waals surface area contributed by atoms with E-state index in [-0.39, 0.29) is 11.8 Å². The molecule has 0 aliphatic carbocycles. The Morgan fingerprint density at radius 2 is 2.00 bits per heavy atom. The van der Waals surface area contributed by atoms with Crippen molar-refractivity contribution >= 4 is 17.7 Å². The highest BCUT2D eigenvalue weighted by Gasteiger charge is 2.32. The van der Waals surface area contributed by atoms with E-state index in [1.807, 2.05) is 44.2 Å². The van der Waals surface area contributed by atoms with E-state index in [0.717, 1.165) is 5.56 Å². The molecular formula is C17H21N5OS. The largest absolute Gasteiger partial charge is 0.337 e. The van der Waals surface area contributed by atoms with Crippen molar-refractivity contribution < 1.29 is 4.79 Å². The van der Waals surface area contributed by atoms with Gasteiger partial charge in [-0.1, -0.05) is 55.9 Å². The predicted molar refractivity (Wildman–Crippen MR) is 94.1 cm³/mol. The van der Waals surface area contributed by atoms with Crippen LogP contribution in [0.25, 0.3) is 11.4 Å². The molecule has 0 aliphatic heterocycles. The second-order valence-corrected chi connectivity index (χ2v) is 7.36. The lowest BCUT2D eigenvalue weighted by atomic mass is 9.90. The van der Waals surface area contributed by atoms with E-state index >= 15 is 0 Å². The number of nitriles is 1. The minimum Gasteiger partial charge on any atom is -0.337 e. The zero-order valence-corrected chi connectivity index (χ0v) is 15.0.